The van der Waals surface area contributed by atoms with Crippen LogP contribution >= 0.6 is 11.8 Å². The van der Waals surface area contributed by atoms with Gasteiger partial charge in [0.25, 0.3) is 0 Å². The van der Waals surface area contributed by atoms with Crippen LogP contribution in [0.4, 0.5) is 0 Å². The summed E-state index contributed by atoms with van der Waals surface area (Å²) in [4.78, 5) is 18.8. The highest BCUT2D eigenvalue weighted by Gasteiger charge is 2.36. The Labute approximate surface area is 153 Å². The second-order valence-electron chi connectivity index (χ2n) is 7.49. The third-order valence-electron chi connectivity index (χ3n) is 4.53. The van der Waals surface area contributed by atoms with Crippen molar-refractivity contribution in [1.29, 1.82) is 0 Å². The van der Waals surface area contributed by atoms with Crippen molar-refractivity contribution in [3.05, 3.63) is 47.0 Å². The van der Waals surface area contributed by atoms with Crippen molar-refractivity contribution in [2.45, 2.75) is 52.0 Å². The van der Waals surface area contributed by atoms with E-state index in [0.29, 0.717) is 12.3 Å². The average molecular weight is 359 g/mol. The molecule has 1 atom stereocenters. The minimum atomic E-state index is -0.0703. The molecule has 2 aromatic heterocycles. The summed E-state index contributed by atoms with van der Waals surface area (Å²) in [5.74, 6) is 0.736. The van der Waals surface area contributed by atoms with Crippen molar-refractivity contribution in [2.24, 2.45) is 0 Å². The van der Waals surface area contributed by atoms with Gasteiger partial charge in [-0.1, -0.05) is 6.07 Å². The Morgan fingerprint density at radius 3 is 2.64 bits per heavy atom. The molecule has 134 valence electrons. The van der Waals surface area contributed by atoms with Gasteiger partial charge in [-0.3, -0.25) is 14.5 Å². The largest absolute Gasteiger partial charge is 0.325 e. The summed E-state index contributed by atoms with van der Waals surface area (Å²) in [7, 11) is 0. The first kappa shape index (κ1) is 18.0. The van der Waals surface area contributed by atoms with E-state index in [9.17, 15) is 4.79 Å². The quantitative estimate of drug-likeness (QED) is 0.840. The van der Waals surface area contributed by atoms with Crippen LogP contribution in [0.25, 0.3) is 0 Å². The topological polar surface area (TPSA) is 51.0 Å². The van der Waals surface area contributed by atoms with Gasteiger partial charge in [-0.05, 0) is 46.8 Å². The summed E-state index contributed by atoms with van der Waals surface area (Å²) in [6.45, 7) is 11.3. The van der Waals surface area contributed by atoms with Gasteiger partial charge in [0.05, 0.1) is 17.0 Å². The van der Waals surface area contributed by atoms with Gasteiger partial charge in [-0.2, -0.15) is 5.10 Å². The van der Waals surface area contributed by atoms with Gasteiger partial charge in [0, 0.05) is 36.1 Å². The summed E-state index contributed by atoms with van der Waals surface area (Å²) in [6.07, 6.45) is 2.57. The fraction of sp³-hybridized carbons (Fsp3) is 0.526. The van der Waals surface area contributed by atoms with E-state index in [0.717, 1.165) is 23.5 Å². The molecule has 0 saturated carbocycles. The summed E-state index contributed by atoms with van der Waals surface area (Å²) in [5.41, 5.74) is 4.30. The lowest BCUT2D eigenvalue weighted by molar-refractivity contribution is -0.128. The van der Waals surface area contributed by atoms with Gasteiger partial charge >= 0.3 is 0 Å². The molecular weight excluding hydrogens is 332 g/mol. The predicted molar refractivity (Wildman–Crippen MR) is 102 cm³/mol. The molecule has 1 amide bonds. The molecule has 0 radical (unpaired) electrons. The molecule has 1 unspecified atom stereocenters. The molecule has 3 rings (SSSR count). The number of nitrogens with zero attached hydrogens (tertiary/aromatic N) is 4. The Balaban J connectivity index is 1.86. The lowest BCUT2D eigenvalue weighted by Crippen LogP contribution is -2.31. The average Bonchev–Trinajstić information content (AvgIpc) is 3.05. The number of hydrogen-bond donors (Lipinski definition) is 0. The zero-order valence-electron chi connectivity index (χ0n) is 15.6. The molecule has 1 fully saturated rings. The van der Waals surface area contributed by atoms with Crippen molar-refractivity contribution >= 4 is 17.7 Å². The number of thioether (sulfide) groups is 1. The molecule has 0 spiro atoms. The lowest BCUT2D eigenvalue weighted by Gasteiger charge is -2.26. The van der Waals surface area contributed by atoms with Crippen molar-refractivity contribution in [1.82, 2.24) is 19.7 Å². The maximum absolute atomic E-state index is 12.5. The summed E-state index contributed by atoms with van der Waals surface area (Å²) < 4.78 is 2.08. The van der Waals surface area contributed by atoms with Gasteiger partial charge in [-0.15, -0.1) is 11.8 Å². The van der Waals surface area contributed by atoms with Crippen molar-refractivity contribution in [3.8, 4) is 0 Å². The van der Waals surface area contributed by atoms with Crippen LogP contribution in [-0.2, 0) is 16.8 Å². The molecule has 5 nitrogen and oxygen atoms in total. The summed E-state index contributed by atoms with van der Waals surface area (Å²) >= 11 is 1.70. The number of rotatable bonds is 4. The molecule has 1 aliphatic heterocycles. The van der Waals surface area contributed by atoms with Crippen molar-refractivity contribution < 1.29 is 4.79 Å². The zero-order valence-corrected chi connectivity index (χ0v) is 16.4. The number of carbonyl (C=O) groups is 1. The first-order chi connectivity index (χ1) is 11.8. The third kappa shape index (κ3) is 3.59. The Hall–Kier alpha value is -1.82. The maximum atomic E-state index is 12.5. The van der Waals surface area contributed by atoms with Crippen LogP contribution in [0.5, 0.6) is 0 Å². The number of aryl methyl sites for hydroxylation is 1. The standard InChI is InChI=1S/C19H26N4OS/c1-13-17(14(2)23(21-13)19(3,4)5)18-22(16(24)12-25-18)11-9-15-8-6-7-10-20-15/h6-8,10,18H,9,11-12H2,1-5H3. The van der Waals surface area contributed by atoms with Crippen LogP contribution < -0.4 is 0 Å². The lowest BCUT2D eigenvalue weighted by atomic mass is 10.1. The normalized spacial score (nSPS) is 18.2. The third-order valence-corrected chi connectivity index (χ3v) is 5.75. The molecule has 0 bridgehead atoms. The monoisotopic (exact) mass is 358 g/mol. The van der Waals surface area contributed by atoms with Crippen molar-refractivity contribution in [3.63, 3.8) is 0 Å². The van der Waals surface area contributed by atoms with Gasteiger partial charge in [-0.25, -0.2) is 0 Å². The maximum Gasteiger partial charge on any atom is 0.233 e. The molecule has 6 heteroatoms. The fourth-order valence-corrected chi connectivity index (χ4v) is 4.76. The number of hydrogen-bond acceptors (Lipinski definition) is 4. The fourth-order valence-electron chi connectivity index (χ4n) is 3.38. The van der Waals surface area contributed by atoms with Crippen molar-refractivity contribution in [2.75, 3.05) is 12.3 Å². The van der Waals surface area contributed by atoms with E-state index in [2.05, 4.69) is 37.4 Å². The molecule has 1 saturated heterocycles. The highest BCUT2D eigenvalue weighted by Crippen LogP contribution is 2.42. The zero-order chi connectivity index (χ0) is 18.2. The van der Waals surface area contributed by atoms with E-state index < -0.39 is 0 Å². The number of aromatic nitrogens is 3. The Kier molecular flexibility index (Phi) is 4.91. The molecular formula is C19H26N4OS. The van der Waals surface area contributed by atoms with Gasteiger partial charge in [0.1, 0.15) is 5.37 Å². The smallest absolute Gasteiger partial charge is 0.233 e. The van der Waals surface area contributed by atoms with Crippen LogP contribution in [0, 0.1) is 13.8 Å². The van der Waals surface area contributed by atoms with E-state index in [-0.39, 0.29) is 16.8 Å². The molecule has 2 aromatic rings. The second kappa shape index (κ2) is 6.83. The van der Waals surface area contributed by atoms with E-state index in [4.69, 9.17) is 5.10 Å². The van der Waals surface area contributed by atoms with E-state index >= 15 is 0 Å². The Bertz CT molecular complexity index is 764. The van der Waals surface area contributed by atoms with Gasteiger partial charge in [0.2, 0.25) is 5.91 Å². The number of amides is 1. The van der Waals surface area contributed by atoms with Crippen LogP contribution in [0.15, 0.2) is 24.4 Å². The highest BCUT2D eigenvalue weighted by molar-refractivity contribution is 8.00. The van der Waals surface area contributed by atoms with Crippen LogP contribution in [0.2, 0.25) is 0 Å². The molecule has 0 N–H and O–H groups in total. The molecule has 0 aliphatic carbocycles. The SMILES string of the molecule is Cc1nn(C(C)(C)C)c(C)c1C1SCC(=O)N1CCc1ccccn1. The Morgan fingerprint density at radius 1 is 1.28 bits per heavy atom. The van der Waals surface area contributed by atoms with E-state index in [1.807, 2.05) is 30.0 Å². The molecule has 25 heavy (non-hydrogen) atoms. The van der Waals surface area contributed by atoms with Crippen LogP contribution in [0.1, 0.15) is 48.8 Å². The minimum Gasteiger partial charge on any atom is -0.325 e. The number of pyridine rings is 1. The first-order valence-electron chi connectivity index (χ1n) is 8.66. The van der Waals surface area contributed by atoms with E-state index in [1.54, 1.807) is 18.0 Å². The highest BCUT2D eigenvalue weighted by atomic mass is 32.2. The molecule has 3 heterocycles. The summed E-state index contributed by atoms with van der Waals surface area (Å²) in [6, 6.07) is 5.91. The van der Waals surface area contributed by atoms with Gasteiger partial charge < -0.3 is 4.90 Å². The number of carbonyl (C=O) groups excluding carboxylic acids is 1. The molecule has 0 aromatic carbocycles. The van der Waals surface area contributed by atoms with Gasteiger partial charge in [0.15, 0.2) is 0 Å². The minimum absolute atomic E-state index is 0.0484. The summed E-state index contributed by atoms with van der Waals surface area (Å²) in [5, 5.41) is 4.81. The van der Waals surface area contributed by atoms with E-state index in [1.165, 1.54) is 5.56 Å². The Morgan fingerprint density at radius 2 is 2.04 bits per heavy atom. The second-order valence-corrected chi connectivity index (χ2v) is 8.56. The molecule has 1 aliphatic rings. The van der Waals surface area contributed by atoms with Crippen LogP contribution in [-0.4, -0.2) is 37.9 Å². The first-order valence-corrected chi connectivity index (χ1v) is 9.71. The van der Waals surface area contributed by atoms with Crippen LogP contribution in [0.3, 0.4) is 0 Å². The predicted octanol–water partition coefficient (Wildman–Crippen LogP) is 3.47.